The minimum absolute atomic E-state index is 0.0674. The molecule has 118 valence electrons. The Bertz CT molecular complexity index is 947. The fourth-order valence-electron chi connectivity index (χ4n) is 2.79. The Morgan fingerprint density at radius 2 is 2.00 bits per heavy atom. The van der Waals surface area contributed by atoms with Gasteiger partial charge in [0.05, 0.1) is 0 Å². The summed E-state index contributed by atoms with van der Waals surface area (Å²) in [7, 11) is 0. The van der Waals surface area contributed by atoms with Crippen LogP contribution in [0.5, 0.6) is 0 Å². The number of hydrogen-bond donors (Lipinski definition) is 1. The Morgan fingerprint density at radius 1 is 1.17 bits per heavy atom. The van der Waals surface area contributed by atoms with Crippen LogP contribution in [-0.4, -0.2) is 21.5 Å². The van der Waals surface area contributed by atoms with E-state index in [0.717, 1.165) is 11.3 Å². The summed E-state index contributed by atoms with van der Waals surface area (Å²) in [5, 5.41) is 2.31. The second-order valence-electron chi connectivity index (χ2n) is 5.57. The van der Waals surface area contributed by atoms with E-state index in [4.69, 9.17) is 10.7 Å². The minimum Gasteiger partial charge on any atom is -0.375 e. The van der Waals surface area contributed by atoms with Crippen LogP contribution in [0.25, 0.3) is 11.4 Å². The molecular weight excluding hydrogens is 320 g/mol. The van der Waals surface area contributed by atoms with E-state index in [1.807, 2.05) is 35.7 Å². The number of pyridine rings is 1. The average molecular weight is 334 g/mol. The summed E-state index contributed by atoms with van der Waals surface area (Å²) in [6.07, 6.45) is 2.61. The predicted molar refractivity (Wildman–Crippen MR) is 95.9 cm³/mol. The van der Waals surface area contributed by atoms with Crippen LogP contribution in [0.1, 0.15) is 22.3 Å². The van der Waals surface area contributed by atoms with Crippen molar-refractivity contribution in [3.8, 4) is 11.4 Å². The summed E-state index contributed by atoms with van der Waals surface area (Å²) in [5.74, 6) is 0.0674. The molecule has 2 aromatic heterocycles. The number of nitrogens with two attached hydrogens (primary N) is 1. The SMILES string of the molecule is Nc1nc(-c2nccc3c2N=C(Cc2ccccc2)CC3=O)cs1. The molecule has 0 saturated carbocycles. The van der Waals surface area contributed by atoms with Gasteiger partial charge in [0.25, 0.3) is 0 Å². The van der Waals surface area contributed by atoms with Gasteiger partial charge in [-0.2, -0.15) is 0 Å². The summed E-state index contributed by atoms with van der Waals surface area (Å²) in [6, 6.07) is 11.7. The number of nitrogen functional groups attached to an aromatic ring is 1. The molecule has 1 aliphatic heterocycles. The number of anilines is 1. The Kier molecular flexibility index (Phi) is 3.66. The molecule has 5 nitrogen and oxygen atoms in total. The third-order valence-corrected chi connectivity index (χ3v) is 4.55. The highest BCUT2D eigenvalue weighted by Crippen LogP contribution is 2.36. The zero-order valence-electron chi connectivity index (χ0n) is 12.8. The van der Waals surface area contributed by atoms with E-state index in [2.05, 4.69) is 9.97 Å². The van der Waals surface area contributed by atoms with Crippen molar-refractivity contribution < 1.29 is 4.79 Å². The lowest BCUT2D eigenvalue weighted by molar-refractivity contribution is 0.0999. The van der Waals surface area contributed by atoms with Crippen molar-refractivity contribution in [2.24, 2.45) is 4.99 Å². The van der Waals surface area contributed by atoms with Gasteiger partial charge in [0, 0.05) is 35.7 Å². The molecule has 4 rings (SSSR count). The first-order valence-electron chi connectivity index (χ1n) is 7.54. The molecule has 0 atom stereocenters. The number of rotatable bonds is 3. The van der Waals surface area contributed by atoms with E-state index in [0.29, 0.717) is 40.6 Å². The van der Waals surface area contributed by atoms with Gasteiger partial charge in [-0.1, -0.05) is 30.3 Å². The van der Waals surface area contributed by atoms with Gasteiger partial charge < -0.3 is 5.73 Å². The molecule has 0 bridgehead atoms. The molecule has 3 aromatic rings. The van der Waals surface area contributed by atoms with E-state index < -0.39 is 0 Å². The predicted octanol–water partition coefficient (Wildman–Crippen LogP) is 3.69. The molecular formula is C18H14N4OS. The van der Waals surface area contributed by atoms with E-state index >= 15 is 0 Å². The zero-order valence-corrected chi connectivity index (χ0v) is 13.6. The van der Waals surface area contributed by atoms with E-state index in [-0.39, 0.29) is 5.78 Å². The topological polar surface area (TPSA) is 81.2 Å². The van der Waals surface area contributed by atoms with Crippen LogP contribution < -0.4 is 5.73 Å². The van der Waals surface area contributed by atoms with Crippen LogP contribution in [0.15, 0.2) is 53.0 Å². The van der Waals surface area contributed by atoms with Crippen LogP contribution in [0, 0.1) is 0 Å². The first-order chi connectivity index (χ1) is 11.7. The van der Waals surface area contributed by atoms with Gasteiger partial charge in [-0.3, -0.25) is 14.8 Å². The van der Waals surface area contributed by atoms with Crippen LogP contribution in [0.3, 0.4) is 0 Å². The standard InChI is InChI=1S/C18H14N4OS/c19-18-22-14(10-24-18)17-16-13(6-7-20-17)15(23)9-12(21-16)8-11-4-2-1-3-5-11/h1-7,10H,8-9H2,(H2,19,22). The molecule has 1 aliphatic rings. The third-order valence-electron chi connectivity index (χ3n) is 3.87. The Balaban J connectivity index is 1.78. The monoisotopic (exact) mass is 334 g/mol. The molecule has 0 radical (unpaired) electrons. The lowest BCUT2D eigenvalue weighted by Crippen LogP contribution is -2.16. The second-order valence-corrected chi connectivity index (χ2v) is 6.46. The minimum atomic E-state index is 0.0674. The van der Waals surface area contributed by atoms with Crippen molar-refractivity contribution in [1.82, 2.24) is 9.97 Å². The van der Waals surface area contributed by atoms with Crippen molar-refractivity contribution in [3.05, 3.63) is 59.1 Å². The molecule has 24 heavy (non-hydrogen) atoms. The number of thiazole rings is 1. The maximum Gasteiger partial charge on any atom is 0.180 e. The van der Waals surface area contributed by atoms with E-state index in [1.165, 1.54) is 11.3 Å². The first kappa shape index (κ1) is 14.7. The number of aliphatic imine (C=N–C) groups is 1. The van der Waals surface area contributed by atoms with Crippen LogP contribution in [0.2, 0.25) is 0 Å². The van der Waals surface area contributed by atoms with Gasteiger partial charge in [-0.05, 0) is 11.6 Å². The summed E-state index contributed by atoms with van der Waals surface area (Å²) in [5.41, 5.74) is 10.2. The lowest BCUT2D eigenvalue weighted by Gasteiger charge is -2.16. The number of aromatic nitrogens is 2. The molecule has 3 heterocycles. The van der Waals surface area contributed by atoms with Gasteiger partial charge in [0.2, 0.25) is 0 Å². The van der Waals surface area contributed by atoms with Crippen molar-refractivity contribution in [2.75, 3.05) is 5.73 Å². The Hall–Kier alpha value is -2.86. The lowest BCUT2D eigenvalue weighted by atomic mass is 9.96. The summed E-state index contributed by atoms with van der Waals surface area (Å²) >= 11 is 1.35. The fraction of sp³-hybridized carbons (Fsp3) is 0.111. The Morgan fingerprint density at radius 3 is 2.75 bits per heavy atom. The molecule has 0 fully saturated rings. The van der Waals surface area contributed by atoms with Crippen LogP contribution >= 0.6 is 11.3 Å². The van der Waals surface area contributed by atoms with Gasteiger partial charge in [-0.15, -0.1) is 11.3 Å². The number of Topliss-reactive ketones (excluding diaryl/α,β-unsaturated/α-hetero) is 1. The van der Waals surface area contributed by atoms with Crippen LogP contribution in [-0.2, 0) is 6.42 Å². The molecule has 0 spiro atoms. The quantitative estimate of drug-likeness (QED) is 0.792. The highest BCUT2D eigenvalue weighted by Gasteiger charge is 2.24. The molecule has 2 N–H and O–H groups in total. The third kappa shape index (κ3) is 2.72. The number of carbonyl (C=O) groups is 1. The number of carbonyl (C=O) groups excluding carboxylic acids is 1. The zero-order chi connectivity index (χ0) is 16.5. The van der Waals surface area contributed by atoms with Crippen molar-refractivity contribution in [3.63, 3.8) is 0 Å². The van der Waals surface area contributed by atoms with Crippen molar-refractivity contribution in [2.45, 2.75) is 12.8 Å². The first-order valence-corrected chi connectivity index (χ1v) is 8.42. The molecule has 0 amide bonds. The molecule has 1 aromatic carbocycles. The highest BCUT2D eigenvalue weighted by molar-refractivity contribution is 7.13. The van der Waals surface area contributed by atoms with Gasteiger partial charge >= 0.3 is 0 Å². The van der Waals surface area contributed by atoms with Gasteiger partial charge in [-0.25, -0.2) is 4.98 Å². The largest absolute Gasteiger partial charge is 0.375 e. The second kappa shape index (κ2) is 5.98. The summed E-state index contributed by atoms with van der Waals surface area (Å²) in [4.78, 5) is 25.9. The maximum absolute atomic E-state index is 12.5. The summed E-state index contributed by atoms with van der Waals surface area (Å²) in [6.45, 7) is 0. The number of hydrogen-bond acceptors (Lipinski definition) is 6. The molecule has 6 heteroatoms. The van der Waals surface area contributed by atoms with Crippen LogP contribution in [0.4, 0.5) is 10.8 Å². The van der Waals surface area contributed by atoms with Gasteiger partial charge in [0.15, 0.2) is 10.9 Å². The fourth-order valence-corrected chi connectivity index (χ4v) is 3.34. The smallest absolute Gasteiger partial charge is 0.180 e. The van der Waals surface area contributed by atoms with Crippen molar-refractivity contribution >= 4 is 33.7 Å². The van der Waals surface area contributed by atoms with Gasteiger partial charge in [0.1, 0.15) is 17.1 Å². The Labute approximate surface area is 142 Å². The number of fused-ring (bicyclic) bond motifs is 1. The molecule has 0 aliphatic carbocycles. The summed E-state index contributed by atoms with van der Waals surface area (Å²) < 4.78 is 0. The number of ketones is 1. The highest BCUT2D eigenvalue weighted by atomic mass is 32.1. The number of nitrogens with zero attached hydrogens (tertiary/aromatic N) is 3. The molecule has 0 unspecified atom stereocenters. The maximum atomic E-state index is 12.5. The van der Waals surface area contributed by atoms with E-state index in [1.54, 1.807) is 12.3 Å². The number of benzene rings is 1. The normalized spacial score (nSPS) is 13.5. The van der Waals surface area contributed by atoms with E-state index in [9.17, 15) is 4.79 Å². The van der Waals surface area contributed by atoms with Crippen molar-refractivity contribution in [1.29, 1.82) is 0 Å². The molecule has 0 saturated heterocycles. The average Bonchev–Trinajstić information content (AvgIpc) is 3.02.